The maximum atomic E-state index is 12.8. The van der Waals surface area contributed by atoms with Gasteiger partial charge in [-0.25, -0.2) is 0 Å². The van der Waals surface area contributed by atoms with E-state index in [1.807, 2.05) is 17.0 Å². The third-order valence-electron chi connectivity index (χ3n) is 6.18. The molecule has 10 heteroatoms. The second-order valence-corrected chi connectivity index (χ2v) is 10.5. The van der Waals surface area contributed by atoms with Crippen molar-refractivity contribution in [2.24, 2.45) is 0 Å². The van der Waals surface area contributed by atoms with E-state index in [0.29, 0.717) is 42.4 Å². The Bertz CT molecular complexity index is 1050. The minimum Gasteiger partial charge on any atom is -0.378 e. The fraction of sp³-hybridized carbons (Fsp3) is 0.417. The van der Waals surface area contributed by atoms with E-state index in [9.17, 15) is 18.4 Å². The monoisotopic (exact) mass is 487 g/mol. The van der Waals surface area contributed by atoms with Crippen molar-refractivity contribution in [3.63, 3.8) is 0 Å². The number of morpholine rings is 1. The lowest BCUT2D eigenvalue weighted by molar-refractivity contribution is -0.130. The molecule has 2 N–H and O–H groups in total. The molecule has 2 aromatic rings. The van der Waals surface area contributed by atoms with Crippen molar-refractivity contribution in [2.75, 3.05) is 57.8 Å². The lowest BCUT2D eigenvalue weighted by Crippen LogP contribution is -2.47. The van der Waals surface area contributed by atoms with Crippen LogP contribution in [0.1, 0.15) is 22.8 Å². The number of piperazine rings is 1. The summed E-state index contributed by atoms with van der Waals surface area (Å²) < 4.78 is 30.1. The molecule has 0 aromatic heterocycles. The average molecular weight is 488 g/mol. The molecule has 1 atom stereocenters. The number of hydrogen-bond donors (Lipinski definition) is 2. The summed E-state index contributed by atoms with van der Waals surface area (Å²) in [6.45, 7) is 7.20. The van der Waals surface area contributed by atoms with E-state index in [1.165, 1.54) is 4.31 Å². The predicted octanol–water partition coefficient (Wildman–Crippen LogP) is 2.18. The lowest BCUT2D eigenvalue weighted by Gasteiger charge is -2.34. The van der Waals surface area contributed by atoms with Gasteiger partial charge in [-0.2, -0.15) is 4.55 Å². The third-order valence-corrected chi connectivity index (χ3v) is 8.13. The number of hydrogen-bond acceptors (Lipinski definition) is 5. The van der Waals surface area contributed by atoms with Crippen LogP contribution in [0.4, 0.5) is 5.69 Å². The molecule has 2 aromatic carbocycles. The van der Waals surface area contributed by atoms with Crippen LogP contribution >= 0.6 is 0 Å². The number of nitrogens with one attached hydrogen (secondary N) is 1. The largest absolute Gasteiger partial charge is 0.378 e. The Kier molecular flexibility index (Phi) is 7.74. The van der Waals surface area contributed by atoms with E-state index in [4.69, 9.17) is 4.74 Å². The Morgan fingerprint density at radius 2 is 1.56 bits per heavy atom. The van der Waals surface area contributed by atoms with Gasteiger partial charge < -0.3 is 15.0 Å². The Balaban J connectivity index is 1.31. The molecule has 2 saturated heterocycles. The zero-order valence-electron chi connectivity index (χ0n) is 19.3. The van der Waals surface area contributed by atoms with Crippen molar-refractivity contribution in [3.8, 4) is 0 Å². The number of anilines is 1. The van der Waals surface area contributed by atoms with Crippen LogP contribution in [-0.4, -0.2) is 83.0 Å². The first-order valence-electron chi connectivity index (χ1n) is 11.4. The number of amides is 2. The van der Waals surface area contributed by atoms with Crippen LogP contribution in [0.2, 0.25) is 0 Å². The van der Waals surface area contributed by atoms with Crippen LogP contribution in [0.5, 0.6) is 0 Å². The Labute approximate surface area is 201 Å². The normalized spacial score (nSPS) is 19.4. The van der Waals surface area contributed by atoms with E-state index < -0.39 is 10.4 Å². The summed E-state index contributed by atoms with van der Waals surface area (Å²) >= 11 is 0. The van der Waals surface area contributed by atoms with Crippen LogP contribution in [0, 0.1) is 0 Å². The average Bonchev–Trinajstić information content (AvgIpc) is 2.85. The summed E-state index contributed by atoms with van der Waals surface area (Å²) in [5, 5.41) is 2.84. The van der Waals surface area contributed by atoms with E-state index in [-0.39, 0.29) is 11.8 Å². The Hall–Kier alpha value is -2.63. The van der Waals surface area contributed by atoms with Crippen molar-refractivity contribution in [3.05, 3.63) is 59.7 Å². The molecule has 0 bridgehead atoms. The quantitative estimate of drug-likeness (QED) is 0.606. The second kappa shape index (κ2) is 10.7. The smallest absolute Gasteiger partial charge is 0.325 e. The van der Waals surface area contributed by atoms with Gasteiger partial charge in [0.25, 0.3) is 5.91 Å². The minimum absolute atomic E-state index is 0.117. The molecule has 182 valence electrons. The van der Waals surface area contributed by atoms with E-state index in [2.05, 4.69) is 10.2 Å². The van der Waals surface area contributed by atoms with Crippen LogP contribution < -0.4 is 5.32 Å². The highest BCUT2D eigenvalue weighted by Gasteiger charge is 2.39. The maximum Gasteiger partial charge on any atom is 0.325 e. The molecule has 2 amide bonds. The predicted molar refractivity (Wildman–Crippen MR) is 130 cm³/mol. The van der Waals surface area contributed by atoms with Gasteiger partial charge in [0, 0.05) is 63.0 Å². The van der Waals surface area contributed by atoms with Gasteiger partial charge >= 0.3 is 10.4 Å². The number of rotatable bonds is 6. The molecule has 2 aliphatic rings. The first-order chi connectivity index (χ1) is 16.3. The van der Waals surface area contributed by atoms with E-state index in [0.717, 1.165) is 38.3 Å². The summed E-state index contributed by atoms with van der Waals surface area (Å²) in [4.78, 5) is 28.6. The van der Waals surface area contributed by atoms with Gasteiger partial charge in [-0.1, -0.05) is 16.4 Å². The molecule has 0 saturated carbocycles. The molecule has 34 heavy (non-hydrogen) atoms. The minimum atomic E-state index is -3.32. The maximum absolute atomic E-state index is 12.8. The van der Waals surface area contributed by atoms with Gasteiger partial charge in [0.2, 0.25) is 10.8 Å². The molecule has 2 fully saturated rings. The highest BCUT2D eigenvalue weighted by molar-refractivity contribution is 7.95. The summed E-state index contributed by atoms with van der Waals surface area (Å²) in [5.41, 5.74) is 2.20. The molecular weight excluding hydrogens is 456 g/mol. The summed E-state index contributed by atoms with van der Waals surface area (Å²) in [6.07, 6.45) is 0. The van der Waals surface area contributed by atoms with Crippen molar-refractivity contribution in [1.82, 2.24) is 14.1 Å². The summed E-state index contributed by atoms with van der Waals surface area (Å²) in [7, 11) is -3.32. The van der Waals surface area contributed by atoms with Crippen molar-refractivity contribution >= 4 is 27.9 Å². The van der Waals surface area contributed by atoms with Crippen LogP contribution in [0.3, 0.4) is 0 Å². The Morgan fingerprint density at radius 3 is 2.15 bits per heavy atom. The zero-order chi connectivity index (χ0) is 24.1. The molecule has 0 radical (unpaired) electrons. The van der Waals surface area contributed by atoms with Crippen molar-refractivity contribution < 1.29 is 23.1 Å². The molecule has 4 rings (SSSR count). The van der Waals surface area contributed by atoms with Crippen molar-refractivity contribution in [2.45, 2.75) is 18.4 Å². The molecule has 1 unspecified atom stereocenters. The van der Waals surface area contributed by atoms with Gasteiger partial charge in [0.1, 0.15) is 0 Å². The third kappa shape index (κ3) is 5.89. The number of benzene rings is 2. The SMILES string of the molecule is CC(=O)N1CCN(Cc2ccc(C(=O)Nc3ccc([S+](=O)(O)N4CCOCC4)cc3)cc2)CC1. The fourth-order valence-electron chi connectivity index (χ4n) is 4.10. The Morgan fingerprint density at radius 1 is 0.941 bits per heavy atom. The second-order valence-electron chi connectivity index (χ2n) is 8.50. The number of carbonyl (C=O) groups is 2. The van der Waals surface area contributed by atoms with Gasteiger partial charge in [-0.05, 0) is 34.0 Å². The summed E-state index contributed by atoms with van der Waals surface area (Å²) in [6, 6.07) is 13.9. The molecular formula is C24H31N4O5S+. The van der Waals surface area contributed by atoms with Gasteiger partial charge in [-0.15, -0.1) is 0 Å². The molecule has 9 nitrogen and oxygen atoms in total. The number of ether oxygens (including phenoxy) is 1. The first-order valence-corrected chi connectivity index (χ1v) is 12.9. The van der Waals surface area contributed by atoms with Crippen LogP contribution in [0.15, 0.2) is 53.4 Å². The van der Waals surface area contributed by atoms with Crippen molar-refractivity contribution in [1.29, 1.82) is 0 Å². The van der Waals surface area contributed by atoms with Gasteiger partial charge in [0.15, 0.2) is 0 Å². The lowest BCUT2D eigenvalue weighted by atomic mass is 10.1. The standard InChI is InChI=1S/C24H30N4O5S/c1-19(29)27-12-10-26(11-13-27)18-20-2-4-21(5-3-20)24(30)25-22-6-8-23(9-7-22)34(31,32)28-14-16-33-17-15-28/h2-9H,10-18H2,1H3,(H-,25,30,31,32)/p+1. The summed E-state index contributed by atoms with van der Waals surface area (Å²) in [5.74, 6) is -0.126. The number of carbonyl (C=O) groups excluding carboxylic acids is 2. The molecule has 2 aliphatic heterocycles. The topological polar surface area (TPSA) is 102 Å². The molecule has 0 spiro atoms. The highest BCUT2D eigenvalue weighted by atomic mass is 32.3. The van der Waals surface area contributed by atoms with Crippen LogP contribution in [-0.2, 0) is 30.7 Å². The zero-order valence-corrected chi connectivity index (χ0v) is 20.1. The molecule has 2 heterocycles. The fourth-order valence-corrected chi connectivity index (χ4v) is 5.54. The first kappa shape index (κ1) is 24.5. The molecule has 0 aliphatic carbocycles. The van der Waals surface area contributed by atoms with Crippen LogP contribution in [0.25, 0.3) is 0 Å². The van der Waals surface area contributed by atoms with Gasteiger partial charge in [-0.3, -0.25) is 14.5 Å². The highest BCUT2D eigenvalue weighted by Crippen LogP contribution is 2.24. The van der Waals surface area contributed by atoms with E-state index in [1.54, 1.807) is 43.3 Å². The van der Waals surface area contributed by atoms with E-state index >= 15 is 0 Å². The van der Waals surface area contributed by atoms with Gasteiger partial charge in [0.05, 0.1) is 26.3 Å². The number of nitrogens with zero attached hydrogens (tertiary/aromatic N) is 3.